The van der Waals surface area contributed by atoms with Gasteiger partial charge in [0, 0.05) is 16.1 Å². The Morgan fingerprint density at radius 1 is 1.12 bits per heavy atom. The molecule has 124 valence electrons. The van der Waals surface area contributed by atoms with Crippen molar-refractivity contribution >= 4 is 17.4 Å². The monoisotopic (exact) mass is 349 g/mol. The van der Waals surface area contributed by atoms with Crippen LogP contribution < -0.4 is 10.5 Å². The maximum Gasteiger partial charge on any atom is 0.142 e. The van der Waals surface area contributed by atoms with E-state index in [9.17, 15) is 5.26 Å². The third-order valence-corrected chi connectivity index (χ3v) is 3.99. The van der Waals surface area contributed by atoms with Crippen molar-refractivity contribution in [1.29, 1.82) is 5.26 Å². The molecule has 0 saturated carbocycles. The molecule has 4 nitrogen and oxygen atoms in total. The molecule has 0 aliphatic carbocycles. The molecule has 0 spiro atoms. The van der Waals surface area contributed by atoms with Crippen molar-refractivity contribution in [2.45, 2.75) is 6.92 Å². The predicted molar refractivity (Wildman–Crippen MR) is 100 cm³/mol. The first-order chi connectivity index (χ1) is 12.1. The molecule has 0 unspecified atom stereocenters. The summed E-state index contributed by atoms with van der Waals surface area (Å²) in [5.41, 5.74) is 9.50. The third-order valence-electron chi connectivity index (χ3n) is 3.76. The Morgan fingerprint density at radius 2 is 1.88 bits per heavy atom. The van der Waals surface area contributed by atoms with Crippen molar-refractivity contribution in [2.24, 2.45) is 0 Å². The van der Waals surface area contributed by atoms with E-state index in [-0.39, 0.29) is 5.82 Å². The van der Waals surface area contributed by atoms with E-state index in [0.717, 1.165) is 22.4 Å². The van der Waals surface area contributed by atoms with Gasteiger partial charge in [0.2, 0.25) is 0 Å². The lowest BCUT2D eigenvalue weighted by molar-refractivity contribution is 0.340. The maximum absolute atomic E-state index is 9.49. The Hall–Kier alpha value is -3.03. The van der Waals surface area contributed by atoms with E-state index in [1.54, 1.807) is 6.07 Å². The lowest BCUT2D eigenvalue weighted by Gasteiger charge is -2.11. The zero-order chi connectivity index (χ0) is 17.8. The van der Waals surface area contributed by atoms with Gasteiger partial charge in [0.05, 0.1) is 12.3 Å². The highest BCUT2D eigenvalue weighted by Gasteiger charge is 2.13. The van der Waals surface area contributed by atoms with Crippen molar-refractivity contribution in [3.8, 4) is 34.2 Å². The number of nitrogens with two attached hydrogens (primary N) is 1. The molecule has 0 bridgehead atoms. The van der Waals surface area contributed by atoms with E-state index >= 15 is 0 Å². The minimum absolute atomic E-state index is 0.198. The highest BCUT2D eigenvalue weighted by atomic mass is 35.5. The van der Waals surface area contributed by atoms with Crippen LogP contribution in [-0.4, -0.2) is 11.6 Å². The normalized spacial score (nSPS) is 10.3. The summed E-state index contributed by atoms with van der Waals surface area (Å²) in [5, 5.41) is 10.1. The molecule has 2 N–H and O–H groups in total. The molecule has 0 amide bonds. The zero-order valence-corrected chi connectivity index (χ0v) is 14.4. The number of hydrogen-bond acceptors (Lipinski definition) is 4. The van der Waals surface area contributed by atoms with Crippen molar-refractivity contribution in [2.75, 3.05) is 12.3 Å². The molecular weight excluding hydrogens is 334 g/mol. The fourth-order valence-electron chi connectivity index (χ4n) is 2.60. The molecule has 2 aromatic carbocycles. The van der Waals surface area contributed by atoms with Gasteiger partial charge in [0.15, 0.2) is 0 Å². The van der Waals surface area contributed by atoms with Gasteiger partial charge in [0.1, 0.15) is 23.2 Å². The maximum atomic E-state index is 9.49. The Kier molecular flexibility index (Phi) is 4.87. The number of benzene rings is 2. The highest BCUT2D eigenvalue weighted by Crippen LogP contribution is 2.32. The van der Waals surface area contributed by atoms with Crippen LogP contribution in [0.4, 0.5) is 5.82 Å². The summed E-state index contributed by atoms with van der Waals surface area (Å²) in [7, 11) is 0. The minimum atomic E-state index is 0.198. The van der Waals surface area contributed by atoms with E-state index in [1.807, 2.05) is 55.5 Å². The van der Waals surface area contributed by atoms with Gasteiger partial charge >= 0.3 is 0 Å². The lowest BCUT2D eigenvalue weighted by atomic mass is 9.98. The Bertz CT molecular complexity index is 946. The Labute approximate surface area is 151 Å². The molecule has 3 rings (SSSR count). The standard InChI is InChI=1S/C20H16ClN3O/c1-2-25-16-8-6-13(7-9-16)17-11-19(24-20(23)18(17)12-22)14-4-3-5-15(21)10-14/h3-11H,2H2,1H3,(H2,23,24). The predicted octanol–water partition coefficient (Wildman–Crippen LogP) is 4.92. The third kappa shape index (κ3) is 3.57. The number of nitriles is 1. The number of nitrogens with zero attached hydrogens (tertiary/aromatic N) is 2. The summed E-state index contributed by atoms with van der Waals surface area (Å²) in [6.45, 7) is 2.53. The molecule has 0 radical (unpaired) electrons. The largest absolute Gasteiger partial charge is 0.494 e. The van der Waals surface area contributed by atoms with Gasteiger partial charge in [-0.2, -0.15) is 5.26 Å². The van der Waals surface area contributed by atoms with Crippen LogP contribution >= 0.6 is 11.6 Å². The van der Waals surface area contributed by atoms with Crippen LogP contribution in [0, 0.1) is 11.3 Å². The fourth-order valence-corrected chi connectivity index (χ4v) is 2.79. The molecule has 0 aliphatic heterocycles. The lowest BCUT2D eigenvalue weighted by Crippen LogP contribution is -2.00. The van der Waals surface area contributed by atoms with Crippen molar-refractivity contribution < 1.29 is 4.74 Å². The smallest absolute Gasteiger partial charge is 0.142 e. The first-order valence-electron chi connectivity index (χ1n) is 7.82. The van der Waals surface area contributed by atoms with Crippen molar-refractivity contribution in [3.05, 3.63) is 65.2 Å². The molecule has 0 fully saturated rings. The molecule has 25 heavy (non-hydrogen) atoms. The summed E-state index contributed by atoms with van der Waals surface area (Å²) in [5.74, 6) is 0.978. The zero-order valence-electron chi connectivity index (χ0n) is 13.7. The summed E-state index contributed by atoms with van der Waals surface area (Å²) < 4.78 is 5.47. The first kappa shape index (κ1) is 16.8. The van der Waals surface area contributed by atoms with Crippen molar-refractivity contribution in [3.63, 3.8) is 0 Å². The van der Waals surface area contributed by atoms with E-state index in [0.29, 0.717) is 22.9 Å². The van der Waals surface area contributed by atoms with Gasteiger partial charge in [-0.15, -0.1) is 0 Å². The van der Waals surface area contributed by atoms with E-state index in [2.05, 4.69) is 11.1 Å². The molecule has 0 aliphatic rings. The van der Waals surface area contributed by atoms with Crippen molar-refractivity contribution in [1.82, 2.24) is 4.98 Å². The van der Waals surface area contributed by atoms with Crippen LogP contribution in [0.15, 0.2) is 54.6 Å². The van der Waals surface area contributed by atoms with Gasteiger partial charge < -0.3 is 10.5 Å². The van der Waals surface area contributed by atoms with Gasteiger partial charge in [-0.1, -0.05) is 35.9 Å². The van der Waals surface area contributed by atoms with E-state index < -0.39 is 0 Å². The average Bonchev–Trinajstić information content (AvgIpc) is 2.62. The summed E-state index contributed by atoms with van der Waals surface area (Å²) in [6.07, 6.45) is 0. The summed E-state index contributed by atoms with van der Waals surface area (Å²) in [4.78, 5) is 4.36. The van der Waals surface area contributed by atoms with E-state index in [1.165, 1.54) is 0 Å². The molecule has 5 heteroatoms. The second-order valence-electron chi connectivity index (χ2n) is 5.39. The van der Waals surface area contributed by atoms with Gasteiger partial charge in [-0.3, -0.25) is 0 Å². The number of aromatic nitrogens is 1. The summed E-state index contributed by atoms with van der Waals surface area (Å²) in [6, 6.07) is 18.9. The van der Waals surface area contributed by atoms with Crippen LogP contribution in [0.2, 0.25) is 5.02 Å². The van der Waals surface area contributed by atoms with E-state index in [4.69, 9.17) is 22.1 Å². The summed E-state index contributed by atoms with van der Waals surface area (Å²) >= 11 is 6.07. The van der Waals surface area contributed by atoms with Gasteiger partial charge in [-0.25, -0.2) is 4.98 Å². The quantitative estimate of drug-likeness (QED) is 0.725. The SMILES string of the molecule is CCOc1ccc(-c2cc(-c3cccc(Cl)c3)nc(N)c2C#N)cc1. The van der Waals surface area contributed by atoms with Crippen LogP contribution in [-0.2, 0) is 0 Å². The first-order valence-corrected chi connectivity index (χ1v) is 8.20. The van der Waals surface area contributed by atoms with Crippen LogP contribution in [0.1, 0.15) is 12.5 Å². The molecule has 0 saturated heterocycles. The number of halogens is 1. The minimum Gasteiger partial charge on any atom is -0.494 e. The molecule has 1 aromatic heterocycles. The Morgan fingerprint density at radius 3 is 2.52 bits per heavy atom. The molecule has 0 atom stereocenters. The number of rotatable bonds is 4. The topological polar surface area (TPSA) is 71.9 Å². The second-order valence-corrected chi connectivity index (χ2v) is 5.83. The number of anilines is 1. The molecular formula is C20H16ClN3O. The van der Waals surface area contributed by atoms with Gasteiger partial charge in [0.25, 0.3) is 0 Å². The van der Waals surface area contributed by atoms with Crippen LogP contribution in [0.25, 0.3) is 22.4 Å². The number of nitrogen functional groups attached to an aromatic ring is 1. The molecule has 3 aromatic rings. The number of hydrogen-bond donors (Lipinski definition) is 1. The van der Waals surface area contributed by atoms with Gasteiger partial charge in [-0.05, 0) is 42.8 Å². The number of ether oxygens (including phenoxy) is 1. The average molecular weight is 350 g/mol. The highest BCUT2D eigenvalue weighted by molar-refractivity contribution is 6.30. The Balaban J connectivity index is 2.13. The fraction of sp³-hybridized carbons (Fsp3) is 0.100. The second kappa shape index (κ2) is 7.25. The van der Waals surface area contributed by atoms with Crippen LogP contribution in [0.3, 0.4) is 0 Å². The van der Waals surface area contributed by atoms with Crippen LogP contribution in [0.5, 0.6) is 5.75 Å². The molecule has 1 heterocycles. The number of pyridine rings is 1.